The van der Waals surface area contributed by atoms with Gasteiger partial charge in [0.15, 0.2) is 5.78 Å². The van der Waals surface area contributed by atoms with Crippen LogP contribution in [0.5, 0.6) is 0 Å². The first-order chi connectivity index (χ1) is 15.6. The number of ketones is 1. The van der Waals surface area contributed by atoms with E-state index in [2.05, 4.69) is 106 Å². The molecule has 0 aromatic heterocycles. The van der Waals surface area contributed by atoms with Gasteiger partial charge in [-0.3, -0.25) is 4.79 Å². The third-order valence-corrected chi connectivity index (χ3v) is 18.1. The Morgan fingerprint density at radius 2 is 0.882 bits per heavy atom. The molecule has 0 aromatic carbocycles. The molecule has 0 N–H and O–H groups in total. The van der Waals surface area contributed by atoms with Crippen molar-refractivity contribution in [1.82, 2.24) is 0 Å². The number of carbonyl (C=O) groups is 1. The Kier molecular flexibility index (Phi) is 10.6. The lowest BCUT2D eigenvalue weighted by molar-refractivity contribution is -0.131. The monoisotopic (exact) mass is 500 g/mol. The van der Waals surface area contributed by atoms with Crippen molar-refractivity contribution >= 4 is 21.9 Å². The maximum absolute atomic E-state index is 14.7. The molecule has 0 aromatic rings. The molecule has 0 saturated heterocycles. The van der Waals surface area contributed by atoms with Crippen LogP contribution < -0.4 is 0 Å². The molecular formula is C31H56OSi2. The van der Waals surface area contributed by atoms with E-state index >= 15 is 0 Å². The van der Waals surface area contributed by atoms with E-state index in [1.165, 1.54) is 36.3 Å². The summed E-state index contributed by atoms with van der Waals surface area (Å²) in [5.41, 5.74) is 6.74. The highest BCUT2D eigenvalue weighted by Crippen LogP contribution is 2.55. The first-order valence-corrected chi connectivity index (χ1v) is 19.4. The second-order valence-corrected chi connectivity index (χ2v) is 23.5. The molecule has 0 aliphatic heterocycles. The molecule has 1 nitrogen and oxygen atoms in total. The normalized spacial score (nSPS) is 23.8. The van der Waals surface area contributed by atoms with Crippen LogP contribution in [0.25, 0.3) is 0 Å². The molecule has 3 heteroatoms. The maximum atomic E-state index is 14.7. The van der Waals surface area contributed by atoms with Crippen LogP contribution in [0.15, 0.2) is 0 Å². The van der Waals surface area contributed by atoms with E-state index in [0.717, 1.165) is 25.7 Å². The summed E-state index contributed by atoms with van der Waals surface area (Å²) in [6.07, 6.45) is 3.45. The molecule has 1 rings (SSSR count). The van der Waals surface area contributed by atoms with Gasteiger partial charge in [-0.25, -0.2) is 0 Å². The fourth-order valence-electron chi connectivity index (χ4n) is 6.12. The largest absolute Gasteiger partial charge is 0.296 e. The molecule has 194 valence electrons. The quantitative estimate of drug-likeness (QED) is 0.240. The van der Waals surface area contributed by atoms with Crippen LogP contribution in [0.1, 0.15) is 109 Å². The molecule has 34 heavy (non-hydrogen) atoms. The Labute approximate surface area is 216 Å². The number of rotatable bonds is 8. The summed E-state index contributed by atoms with van der Waals surface area (Å²) in [4.78, 5) is 14.7. The van der Waals surface area contributed by atoms with Crippen LogP contribution >= 0.6 is 0 Å². The van der Waals surface area contributed by atoms with E-state index in [1.807, 2.05) is 0 Å². The van der Waals surface area contributed by atoms with Crippen LogP contribution in [-0.4, -0.2) is 21.9 Å². The Morgan fingerprint density at radius 1 is 0.618 bits per heavy atom. The van der Waals surface area contributed by atoms with Gasteiger partial charge in [-0.15, -0.1) is 11.1 Å². The highest BCUT2D eigenvalue weighted by atomic mass is 28.3. The van der Waals surface area contributed by atoms with Crippen LogP contribution in [0, 0.1) is 44.6 Å². The smallest absolute Gasteiger partial charge is 0.168 e. The van der Waals surface area contributed by atoms with Gasteiger partial charge >= 0.3 is 0 Å². The number of Topliss-reactive ketones (excluding diaryl/α,β-unsaturated/α-hetero) is 1. The molecule has 1 aliphatic rings. The summed E-state index contributed by atoms with van der Waals surface area (Å²) < 4.78 is 0. The van der Waals surface area contributed by atoms with Crippen molar-refractivity contribution in [2.24, 2.45) is 21.7 Å². The Bertz CT molecular complexity index is 727. The fourth-order valence-corrected chi connectivity index (χ4v) is 11.2. The van der Waals surface area contributed by atoms with Crippen molar-refractivity contribution in [3.8, 4) is 22.9 Å². The number of hydrogen-bond donors (Lipinski definition) is 0. The minimum atomic E-state index is -1.64. The zero-order valence-electron chi connectivity index (χ0n) is 25.0. The van der Waals surface area contributed by atoms with Gasteiger partial charge in [0.05, 0.1) is 10.8 Å². The van der Waals surface area contributed by atoms with Crippen molar-refractivity contribution in [2.45, 2.75) is 145 Å². The minimum absolute atomic E-state index is 0.0548. The van der Waals surface area contributed by atoms with E-state index in [0.29, 0.717) is 5.78 Å². The molecule has 0 unspecified atom stereocenters. The van der Waals surface area contributed by atoms with Gasteiger partial charge in [-0.05, 0) is 72.8 Å². The van der Waals surface area contributed by atoms with Gasteiger partial charge in [0, 0.05) is 0 Å². The minimum Gasteiger partial charge on any atom is -0.296 e. The summed E-state index contributed by atoms with van der Waals surface area (Å²) in [6, 6.07) is 7.07. The van der Waals surface area contributed by atoms with Gasteiger partial charge < -0.3 is 0 Å². The summed E-state index contributed by atoms with van der Waals surface area (Å²) in [5, 5.41) is 0. The van der Waals surface area contributed by atoms with Crippen molar-refractivity contribution in [3.63, 3.8) is 0 Å². The molecule has 0 bridgehead atoms. The number of hydrogen-bond acceptors (Lipinski definition) is 1. The van der Waals surface area contributed by atoms with Crippen molar-refractivity contribution < 1.29 is 4.79 Å². The second kappa shape index (κ2) is 11.5. The Balaban J connectivity index is 3.77. The lowest BCUT2D eigenvalue weighted by Crippen LogP contribution is -2.40. The summed E-state index contributed by atoms with van der Waals surface area (Å²) in [5.74, 6) is 7.92. The van der Waals surface area contributed by atoms with Crippen molar-refractivity contribution in [2.75, 3.05) is 0 Å². The molecule has 1 saturated carbocycles. The fraction of sp³-hybridized carbons (Fsp3) is 0.839. The third kappa shape index (κ3) is 7.37. The summed E-state index contributed by atoms with van der Waals surface area (Å²) >= 11 is 0. The first-order valence-electron chi connectivity index (χ1n) is 14.2. The van der Waals surface area contributed by atoms with E-state index in [-0.39, 0.29) is 10.8 Å². The van der Waals surface area contributed by atoms with Gasteiger partial charge in [0.25, 0.3) is 0 Å². The average molecular weight is 501 g/mol. The van der Waals surface area contributed by atoms with Crippen LogP contribution in [0.4, 0.5) is 0 Å². The van der Waals surface area contributed by atoms with Crippen molar-refractivity contribution in [3.05, 3.63) is 0 Å². The zero-order valence-corrected chi connectivity index (χ0v) is 27.0. The molecule has 0 amide bonds. The third-order valence-electron chi connectivity index (χ3n) is 8.71. The van der Waals surface area contributed by atoms with E-state index in [1.54, 1.807) is 0 Å². The van der Waals surface area contributed by atoms with E-state index in [9.17, 15) is 4.79 Å². The SMILES string of the molecule is CC[Si](C#C[C@@]1(CC(C)(C)C)CC[C@](C#C[Si](CC)(CC)CC)(CC(C)(C)C)C1=O)(CC)CC. The van der Waals surface area contributed by atoms with Gasteiger partial charge in [-0.1, -0.05) is 94.9 Å². The molecular weight excluding hydrogens is 445 g/mol. The zero-order chi connectivity index (χ0) is 26.5. The summed E-state index contributed by atoms with van der Waals surface area (Å²) in [7, 11) is -3.28. The Hall–Kier alpha value is -0.776. The first kappa shape index (κ1) is 31.3. The molecule has 0 radical (unpaired) electrons. The molecule has 1 aliphatic carbocycles. The summed E-state index contributed by atoms with van der Waals surface area (Å²) in [6.45, 7) is 27.5. The maximum Gasteiger partial charge on any atom is 0.168 e. The predicted molar refractivity (Wildman–Crippen MR) is 157 cm³/mol. The highest BCUT2D eigenvalue weighted by molar-refractivity contribution is 6.87. The molecule has 0 spiro atoms. The second-order valence-electron chi connectivity index (χ2n) is 13.7. The molecule has 0 heterocycles. The van der Waals surface area contributed by atoms with Crippen LogP contribution in [-0.2, 0) is 4.79 Å². The predicted octanol–water partition coefficient (Wildman–Crippen LogP) is 9.30. The lowest BCUT2D eigenvalue weighted by Gasteiger charge is -2.35. The standard InChI is InChI=1S/C31H56OSi2/c1-13-33(14-2,15-3)23-21-30(25-28(7,8)9)19-20-31(27(30)32,26-29(10,11)12)22-24-34(16-4,17-5)18-6/h13-20,25-26H2,1-12H3/t30-,31+. The molecule has 1 fully saturated rings. The highest BCUT2D eigenvalue weighted by Gasteiger charge is 2.57. The lowest BCUT2D eigenvalue weighted by atomic mass is 9.67. The van der Waals surface area contributed by atoms with E-state index < -0.39 is 27.0 Å². The van der Waals surface area contributed by atoms with Crippen LogP contribution in [0.2, 0.25) is 36.3 Å². The van der Waals surface area contributed by atoms with Gasteiger partial charge in [-0.2, -0.15) is 0 Å². The topological polar surface area (TPSA) is 17.1 Å². The average Bonchev–Trinajstić information content (AvgIpc) is 3.01. The van der Waals surface area contributed by atoms with Crippen LogP contribution in [0.3, 0.4) is 0 Å². The molecule has 2 atom stereocenters. The van der Waals surface area contributed by atoms with E-state index in [4.69, 9.17) is 0 Å². The number of carbonyl (C=O) groups excluding carboxylic acids is 1. The Morgan fingerprint density at radius 3 is 1.09 bits per heavy atom. The van der Waals surface area contributed by atoms with Crippen molar-refractivity contribution in [1.29, 1.82) is 0 Å². The van der Waals surface area contributed by atoms with Gasteiger partial charge in [0.2, 0.25) is 0 Å². The van der Waals surface area contributed by atoms with Gasteiger partial charge in [0.1, 0.15) is 16.1 Å².